The summed E-state index contributed by atoms with van der Waals surface area (Å²) in [7, 11) is 0. The van der Waals surface area contributed by atoms with Gasteiger partial charge in [0.25, 0.3) is 5.91 Å². The fraction of sp³-hybridized carbons (Fsp3) is 0.120. The van der Waals surface area contributed by atoms with Crippen LogP contribution in [0.4, 0.5) is 5.69 Å². The Morgan fingerprint density at radius 2 is 1.55 bits per heavy atom. The van der Waals surface area contributed by atoms with E-state index >= 15 is 0 Å². The van der Waals surface area contributed by atoms with Crippen LogP contribution < -0.4 is 5.32 Å². The second kappa shape index (κ2) is 7.80. The lowest BCUT2D eigenvalue weighted by Gasteiger charge is -2.13. The van der Waals surface area contributed by atoms with Crippen LogP contribution in [-0.2, 0) is 0 Å². The molecule has 0 aliphatic heterocycles. The van der Waals surface area contributed by atoms with Gasteiger partial charge in [-0.25, -0.2) is 4.98 Å². The van der Waals surface area contributed by atoms with Crippen LogP contribution in [0.3, 0.4) is 0 Å². The van der Waals surface area contributed by atoms with Crippen molar-refractivity contribution in [3.8, 4) is 11.3 Å². The number of hydrogen-bond donors (Lipinski definition) is 1. The summed E-state index contributed by atoms with van der Waals surface area (Å²) >= 11 is 3.47. The van der Waals surface area contributed by atoms with Crippen LogP contribution in [0.15, 0.2) is 71.2 Å². The van der Waals surface area contributed by atoms with E-state index in [-0.39, 0.29) is 5.91 Å². The zero-order chi connectivity index (χ0) is 20.5. The molecule has 0 radical (unpaired) electrons. The van der Waals surface area contributed by atoms with Gasteiger partial charge in [0, 0.05) is 21.1 Å². The molecule has 0 saturated carbocycles. The molecule has 1 heterocycles. The van der Waals surface area contributed by atoms with E-state index in [2.05, 4.69) is 27.3 Å². The summed E-state index contributed by atoms with van der Waals surface area (Å²) < 4.78 is 1.01. The third-order valence-corrected chi connectivity index (χ3v) is 5.47. The van der Waals surface area contributed by atoms with Gasteiger partial charge in [0.05, 0.1) is 16.8 Å². The largest absolute Gasteiger partial charge is 0.322 e. The highest BCUT2D eigenvalue weighted by atomic mass is 79.9. The minimum atomic E-state index is -0.135. The summed E-state index contributed by atoms with van der Waals surface area (Å²) in [5, 5.41) is 3.90. The lowest BCUT2D eigenvalue weighted by atomic mass is 9.99. The summed E-state index contributed by atoms with van der Waals surface area (Å²) in [4.78, 5) is 18.1. The molecule has 144 valence electrons. The number of hydrogen-bond acceptors (Lipinski definition) is 2. The molecule has 0 unspecified atom stereocenters. The molecule has 0 aliphatic rings. The molecule has 0 saturated heterocycles. The molecule has 1 N–H and O–H groups in total. The number of rotatable bonds is 3. The summed E-state index contributed by atoms with van der Waals surface area (Å²) in [6.45, 7) is 6.10. The third-order valence-electron chi connectivity index (χ3n) is 4.94. The first-order valence-electron chi connectivity index (χ1n) is 9.47. The van der Waals surface area contributed by atoms with E-state index in [1.54, 1.807) is 0 Å². The SMILES string of the molecule is Cc1ccc(NC(=O)c2cc(-c3ccc(Br)cc3)nc3c(C)cc(C)cc23)cc1. The maximum absolute atomic E-state index is 13.2. The molecular weight excluding hydrogens is 424 g/mol. The third kappa shape index (κ3) is 4.08. The van der Waals surface area contributed by atoms with Gasteiger partial charge in [-0.3, -0.25) is 4.79 Å². The molecule has 4 heteroatoms. The van der Waals surface area contributed by atoms with Gasteiger partial charge in [-0.2, -0.15) is 0 Å². The number of halogens is 1. The van der Waals surface area contributed by atoms with Gasteiger partial charge in [-0.15, -0.1) is 0 Å². The van der Waals surface area contributed by atoms with Gasteiger partial charge >= 0.3 is 0 Å². The molecule has 0 fully saturated rings. The number of nitrogens with one attached hydrogen (secondary N) is 1. The first-order chi connectivity index (χ1) is 13.9. The zero-order valence-electron chi connectivity index (χ0n) is 16.6. The molecule has 1 amide bonds. The molecule has 29 heavy (non-hydrogen) atoms. The van der Waals surface area contributed by atoms with Gasteiger partial charge in [0.2, 0.25) is 0 Å². The van der Waals surface area contributed by atoms with Crippen molar-refractivity contribution in [3.05, 3.63) is 93.5 Å². The Labute approximate surface area is 178 Å². The standard InChI is InChI=1S/C25H21BrN2O/c1-15-4-10-20(11-5-15)27-25(29)22-14-23(18-6-8-19(26)9-7-18)28-24-17(3)12-16(2)13-21(22)24/h4-14H,1-3H3,(H,27,29). The van der Waals surface area contributed by atoms with E-state index in [0.29, 0.717) is 5.56 Å². The lowest BCUT2D eigenvalue weighted by Crippen LogP contribution is -2.13. The molecule has 1 aromatic heterocycles. The average Bonchev–Trinajstić information content (AvgIpc) is 2.69. The topological polar surface area (TPSA) is 42.0 Å². The summed E-state index contributed by atoms with van der Waals surface area (Å²) in [6, 6.07) is 21.8. The monoisotopic (exact) mass is 444 g/mol. The van der Waals surface area contributed by atoms with E-state index in [1.807, 2.05) is 81.4 Å². The van der Waals surface area contributed by atoms with Crippen molar-refractivity contribution in [2.24, 2.45) is 0 Å². The fourth-order valence-corrected chi connectivity index (χ4v) is 3.74. The lowest BCUT2D eigenvalue weighted by molar-refractivity contribution is 0.102. The van der Waals surface area contributed by atoms with Crippen molar-refractivity contribution in [2.75, 3.05) is 5.32 Å². The zero-order valence-corrected chi connectivity index (χ0v) is 18.2. The van der Waals surface area contributed by atoms with Crippen molar-refractivity contribution in [2.45, 2.75) is 20.8 Å². The van der Waals surface area contributed by atoms with Crippen LogP contribution in [-0.4, -0.2) is 10.9 Å². The molecule has 0 aliphatic carbocycles. The molecule has 3 nitrogen and oxygen atoms in total. The predicted octanol–water partition coefficient (Wildman–Crippen LogP) is 6.84. The molecule has 0 bridgehead atoms. The van der Waals surface area contributed by atoms with Crippen molar-refractivity contribution < 1.29 is 4.79 Å². The Balaban J connectivity index is 1.86. The average molecular weight is 445 g/mol. The van der Waals surface area contributed by atoms with E-state index in [1.165, 1.54) is 0 Å². The highest BCUT2D eigenvalue weighted by Gasteiger charge is 2.16. The first-order valence-corrected chi connectivity index (χ1v) is 10.3. The van der Waals surface area contributed by atoms with Gasteiger partial charge in [-0.1, -0.05) is 57.4 Å². The van der Waals surface area contributed by atoms with E-state index < -0.39 is 0 Å². The minimum absolute atomic E-state index is 0.135. The Morgan fingerprint density at radius 1 is 0.862 bits per heavy atom. The van der Waals surface area contributed by atoms with Crippen LogP contribution in [0.25, 0.3) is 22.2 Å². The predicted molar refractivity (Wildman–Crippen MR) is 123 cm³/mol. The molecule has 4 rings (SSSR count). The molecule has 3 aromatic carbocycles. The Kier molecular flexibility index (Phi) is 5.20. The number of amides is 1. The number of fused-ring (bicyclic) bond motifs is 1. The van der Waals surface area contributed by atoms with Crippen LogP contribution in [0.1, 0.15) is 27.0 Å². The Bertz CT molecular complexity index is 1210. The Morgan fingerprint density at radius 3 is 2.24 bits per heavy atom. The molecule has 0 atom stereocenters. The quantitative estimate of drug-likeness (QED) is 0.375. The van der Waals surface area contributed by atoms with Crippen LogP contribution in [0.2, 0.25) is 0 Å². The maximum atomic E-state index is 13.2. The van der Waals surface area contributed by atoms with Crippen LogP contribution >= 0.6 is 15.9 Å². The molecule has 0 spiro atoms. The number of aromatic nitrogens is 1. The fourth-order valence-electron chi connectivity index (χ4n) is 3.47. The van der Waals surface area contributed by atoms with E-state index in [0.717, 1.165) is 49.0 Å². The maximum Gasteiger partial charge on any atom is 0.256 e. The smallest absolute Gasteiger partial charge is 0.256 e. The van der Waals surface area contributed by atoms with Crippen molar-refractivity contribution >= 4 is 38.4 Å². The number of carbonyl (C=O) groups excluding carboxylic acids is 1. The number of aryl methyl sites for hydroxylation is 3. The minimum Gasteiger partial charge on any atom is -0.322 e. The van der Waals surface area contributed by atoms with Gasteiger partial charge in [0.15, 0.2) is 0 Å². The van der Waals surface area contributed by atoms with Gasteiger partial charge < -0.3 is 5.32 Å². The number of nitrogens with zero attached hydrogens (tertiary/aromatic N) is 1. The summed E-state index contributed by atoms with van der Waals surface area (Å²) in [6.07, 6.45) is 0. The van der Waals surface area contributed by atoms with Crippen molar-refractivity contribution in [1.29, 1.82) is 0 Å². The van der Waals surface area contributed by atoms with E-state index in [4.69, 9.17) is 4.98 Å². The number of anilines is 1. The summed E-state index contributed by atoms with van der Waals surface area (Å²) in [5.41, 5.74) is 7.33. The normalized spacial score (nSPS) is 10.9. The van der Waals surface area contributed by atoms with Crippen LogP contribution in [0.5, 0.6) is 0 Å². The number of benzene rings is 3. The highest BCUT2D eigenvalue weighted by molar-refractivity contribution is 9.10. The van der Waals surface area contributed by atoms with Crippen molar-refractivity contribution in [3.63, 3.8) is 0 Å². The second-order valence-electron chi connectivity index (χ2n) is 7.36. The van der Waals surface area contributed by atoms with Gasteiger partial charge in [0.1, 0.15) is 0 Å². The molecular formula is C25H21BrN2O. The highest BCUT2D eigenvalue weighted by Crippen LogP contribution is 2.29. The van der Waals surface area contributed by atoms with E-state index in [9.17, 15) is 4.79 Å². The summed E-state index contributed by atoms with van der Waals surface area (Å²) in [5.74, 6) is -0.135. The van der Waals surface area contributed by atoms with Crippen molar-refractivity contribution in [1.82, 2.24) is 4.98 Å². The second-order valence-corrected chi connectivity index (χ2v) is 8.28. The number of carbonyl (C=O) groups is 1. The number of pyridine rings is 1. The van der Waals surface area contributed by atoms with Gasteiger partial charge in [-0.05, 0) is 62.7 Å². The Hall–Kier alpha value is -2.98. The van der Waals surface area contributed by atoms with Crippen LogP contribution in [0, 0.1) is 20.8 Å². The first kappa shape index (κ1) is 19.3. The molecule has 4 aromatic rings.